The summed E-state index contributed by atoms with van der Waals surface area (Å²) in [4.78, 5) is 10.1. The number of ether oxygens (including phenoxy) is 1. The smallest absolute Gasteiger partial charge is 0.328 e. The molecule has 1 rings (SSSR count). The van der Waals surface area contributed by atoms with Crippen molar-refractivity contribution in [3.8, 4) is 0 Å². The molecule has 1 heterocycles. The lowest BCUT2D eigenvalue weighted by Crippen LogP contribution is -2.09. The minimum absolute atomic E-state index is 0.0592. The van der Waals surface area contributed by atoms with Crippen molar-refractivity contribution >= 4 is 5.97 Å². The van der Waals surface area contributed by atoms with Crippen molar-refractivity contribution < 1.29 is 14.6 Å². The summed E-state index contributed by atoms with van der Waals surface area (Å²) in [6.45, 7) is 0. The highest BCUT2D eigenvalue weighted by molar-refractivity contribution is 5.79. The van der Waals surface area contributed by atoms with Crippen LogP contribution in [0.4, 0.5) is 0 Å². The number of hydrogen-bond donors (Lipinski definition) is 1. The fourth-order valence-electron chi connectivity index (χ4n) is 0.884. The van der Waals surface area contributed by atoms with E-state index in [1.807, 2.05) is 6.08 Å². The summed E-state index contributed by atoms with van der Waals surface area (Å²) in [6.07, 6.45) is 7.96. The Kier molecular flexibility index (Phi) is 2.72. The topological polar surface area (TPSA) is 46.5 Å². The number of rotatable bonds is 2. The third-order valence-electron chi connectivity index (χ3n) is 1.42. The first-order valence-electron chi connectivity index (χ1n) is 3.50. The first-order valence-corrected chi connectivity index (χ1v) is 3.50. The van der Waals surface area contributed by atoms with Gasteiger partial charge in [-0.25, -0.2) is 4.79 Å². The average molecular weight is 154 g/mol. The fourth-order valence-corrected chi connectivity index (χ4v) is 0.884. The van der Waals surface area contributed by atoms with Crippen LogP contribution < -0.4 is 0 Å². The van der Waals surface area contributed by atoms with Crippen molar-refractivity contribution in [3.63, 3.8) is 0 Å². The number of aliphatic carboxylic acids is 1. The van der Waals surface area contributed by atoms with E-state index in [1.54, 1.807) is 12.3 Å². The predicted octanol–water partition coefficient (Wildman–Crippen LogP) is 1.32. The molecule has 3 heteroatoms. The second kappa shape index (κ2) is 3.81. The molecule has 60 valence electrons. The molecule has 0 spiro atoms. The molecule has 0 aromatic carbocycles. The van der Waals surface area contributed by atoms with E-state index in [9.17, 15) is 4.79 Å². The highest BCUT2D eigenvalue weighted by Gasteiger charge is 2.06. The van der Waals surface area contributed by atoms with Crippen LogP contribution in [0.2, 0.25) is 0 Å². The number of allylic oxidation sites excluding steroid dienone is 1. The van der Waals surface area contributed by atoms with E-state index in [4.69, 9.17) is 9.84 Å². The molecule has 0 saturated heterocycles. The van der Waals surface area contributed by atoms with Crippen LogP contribution in [0.15, 0.2) is 24.5 Å². The normalized spacial score (nSPS) is 23.5. The largest absolute Gasteiger partial charge is 0.494 e. The average Bonchev–Trinajstić information content (AvgIpc) is 2.03. The standard InChI is InChI=1S/C8H10O3/c9-8(10)5-4-7-3-1-2-6-11-7/h2,4-7H,1,3H2,(H,9,10)/b5-4-/t7-/m1/s1. The van der Waals surface area contributed by atoms with Gasteiger partial charge < -0.3 is 9.84 Å². The van der Waals surface area contributed by atoms with E-state index in [1.165, 1.54) is 0 Å². The molecule has 11 heavy (non-hydrogen) atoms. The third-order valence-corrected chi connectivity index (χ3v) is 1.42. The molecule has 1 atom stereocenters. The van der Waals surface area contributed by atoms with Crippen molar-refractivity contribution in [2.45, 2.75) is 18.9 Å². The van der Waals surface area contributed by atoms with Crippen molar-refractivity contribution in [2.75, 3.05) is 0 Å². The molecule has 1 N–H and O–H groups in total. The summed E-state index contributed by atoms with van der Waals surface area (Å²) in [5, 5.41) is 8.28. The Labute approximate surface area is 65.0 Å². The van der Waals surface area contributed by atoms with E-state index in [2.05, 4.69) is 0 Å². The van der Waals surface area contributed by atoms with Gasteiger partial charge in [0, 0.05) is 6.08 Å². The maximum atomic E-state index is 10.1. The molecule has 3 nitrogen and oxygen atoms in total. The summed E-state index contributed by atoms with van der Waals surface area (Å²) in [5.41, 5.74) is 0. The predicted molar refractivity (Wildman–Crippen MR) is 40.0 cm³/mol. The van der Waals surface area contributed by atoms with Crippen molar-refractivity contribution in [2.24, 2.45) is 0 Å². The van der Waals surface area contributed by atoms with E-state index in [0.29, 0.717) is 0 Å². The van der Waals surface area contributed by atoms with Gasteiger partial charge in [-0.2, -0.15) is 0 Å². The third kappa shape index (κ3) is 2.89. The quantitative estimate of drug-likeness (QED) is 0.610. The zero-order valence-corrected chi connectivity index (χ0v) is 6.06. The molecule has 0 aliphatic carbocycles. The van der Waals surface area contributed by atoms with Crippen LogP contribution >= 0.6 is 0 Å². The minimum Gasteiger partial charge on any atom is -0.494 e. The highest BCUT2D eigenvalue weighted by Crippen LogP contribution is 2.10. The Hall–Kier alpha value is -1.25. The Morgan fingerprint density at radius 1 is 1.73 bits per heavy atom. The van der Waals surface area contributed by atoms with Gasteiger partial charge in [0.25, 0.3) is 0 Å². The number of hydrogen-bond acceptors (Lipinski definition) is 2. The van der Waals surface area contributed by atoms with Crippen LogP contribution in [0, 0.1) is 0 Å². The molecule has 0 fully saturated rings. The first kappa shape index (κ1) is 7.85. The van der Waals surface area contributed by atoms with Gasteiger partial charge in [-0.3, -0.25) is 0 Å². The van der Waals surface area contributed by atoms with Crippen molar-refractivity contribution in [1.29, 1.82) is 0 Å². The lowest BCUT2D eigenvalue weighted by atomic mass is 10.1. The number of carbonyl (C=O) groups is 1. The van der Waals surface area contributed by atoms with Gasteiger partial charge in [-0.05, 0) is 25.0 Å². The van der Waals surface area contributed by atoms with Gasteiger partial charge in [0.15, 0.2) is 0 Å². The lowest BCUT2D eigenvalue weighted by Gasteiger charge is -2.14. The van der Waals surface area contributed by atoms with Gasteiger partial charge in [0.2, 0.25) is 0 Å². The Morgan fingerprint density at radius 3 is 3.09 bits per heavy atom. The number of carboxylic acid groups (broad SMARTS) is 1. The van der Waals surface area contributed by atoms with Crippen LogP contribution in [-0.4, -0.2) is 17.2 Å². The van der Waals surface area contributed by atoms with Gasteiger partial charge >= 0.3 is 5.97 Å². The van der Waals surface area contributed by atoms with Gasteiger partial charge in [-0.15, -0.1) is 0 Å². The molecular weight excluding hydrogens is 144 g/mol. The zero-order chi connectivity index (χ0) is 8.10. The van der Waals surface area contributed by atoms with Crippen LogP contribution in [-0.2, 0) is 9.53 Å². The summed E-state index contributed by atoms with van der Waals surface area (Å²) < 4.78 is 5.10. The molecule has 0 saturated carbocycles. The second-order valence-electron chi connectivity index (χ2n) is 2.32. The minimum atomic E-state index is -0.928. The second-order valence-corrected chi connectivity index (χ2v) is 2.32. The van der Waals surface area contributed by atoms with Gasteiger partial charge in [0.1, 0.15) is 6.10 Å². The van der Waals surface area contributed by atoms with Crippen molar-refractivity contribution in [3.05, 3.63) is 24.5 Å². The van der Waals surface area contributed by atoms with E-state index in [-0.39, 0.29) is 6.10 Å². The monoisotopic (exact) mass is 154 g/mol. The Balaban J connectivity index is 2.37. The number of carboxylic acids is 1. The molecule has 0 aromatic heterocycles. The molecule has 0 bridgehead atoms. The maximum Gasteiger partial charge on any atom is 0.328 e. The van der Waals surface area contributed by atoms with Gasteiger partial charge in [0.05, 0.1) is 6.26 Å². The Morgan fingerprint density at radius 2 is 2.55 bits per heavy atom. The molecule has 0 amide bonds. The maximum absolute atomic E-state index is 10.1. The molecule has 0 radical (unpaired) electrons. The zero-order valence-electron chi connectivity index (χ0n) is 6.06. The van der Waals surface area contributed by atoms with Gasteiger partial charge in [-0.1, -0.05) is 0 Å². The van der Waals surface area contributed by atoms with Crippen LogP contribution in [0.25, 0.3) is 0 Å². The van der Waals surface area contributed by atoms with E-state index in [0.717, 1.165) is 18.9 Å². The van der Waals surface area contributed by atoms with E-state index < -0.39 is 5.97 Å². The molecule has 0 aromatic rings. The first-order chi connectivity index (χ1) is 5.29. The Bertz CT molecular complexity index is 194. The van der Waals surface area contributed by atoms with Crippen LogP contribution in [0.3, 0.4) is 0 Å². The summed E-state index contributed by atoms with van der Waals surface area (Å²) in [7, 11) is 0. The molecule has 0 unspecified atom stereocenters. The molecule has 1 aliphatic heterocycles. The summed E-state index contributed by atoms with van der Waals surface area (Å²) >= 11 is 0. The SMILES string of the molecule is O=C(O)/C=C\[C@H]1CCC=CO1. The fraction of sp³-hybridized carbons (Fsp3) is 0.375. The lowest BCUT2D eigenvalue weighted by molar-refractivity contribution is -0.131. The molecule has 1 aliphatic rings. The van der Waals surface area contributed by atoms with Crippen LogP contribution in [0.1, 0.15) is 12.8 Å². The highest BCUT2D eigenvalue weighted by atomic mass is 16.5. The van der Waals surface area contributed by atoms with Crippen LogP contribution in [0.5, 0.6) is 0 Å². The van der Waals surface area contributed by atoms with E-state index >= 15 is 0 Å². The summed E-state index contributed by atoms with van der Waals surface area (Å²) in [5.74, 6) is -0.928. The van der Waals surface area contributed by atoms with Crippen molar-refractivity contribution in [1.82, 2.24) is 0 Å². The molecular formula is C8H10O3. The summed E-state index contributed by atoms with van der Waals surface area (Å²) in [6, 6.07) is 0.